The van der Waals surface area contributed by atoms with Gasteiger partial charge in [-0.05, 0) is 77.9 Å². The zero-order valence-corrected chi connectivity index (χ0v) is 17.8. The standard InChI is InChI=1S/C24H18N6O3/c1-14-5-3-4-6-21(14)30-23(32)18-9-7-16(12-19(18)24(30)33)22(31)26-17-8-10-20(15(2)11-17)29-13-25-27-28-29/h3-13H,1-2H3,(H,26,31). The van der Waals surface area contributed by atoms with Crippen LogP contribution >= 0.6 is 0 Å². The topological polar surface area (TPSA) is 110 Å². The lowest BCUT2D eigenvalue weighted by Gasteiger charge is -2.16. The molecular formula is C24H18N6O3. The van der Waals surface area contributed by atoms with Gasteiger partial charge < -0.3 is 5.32 Å². The summed E-state index contributed by atoms with van der Waals surface area (Å²) in [5.74, 6) is -1.23. The Hall–Kier alpha value is -4.66. The summed E-state index contributed by atoms with van der Waals surface area (Å²) in [5.41, 5.74) is 4.35. The highest BCUT2D eigenvalue weighted by atomic mass is 16.2. The first-order valence-electron chi connectivity index (χ1n) is 10.2. The molecule has 4 aromatic rings. The molecule has 0 saturated heterocycles. The van der Waals surface area contributed by atoms with Crippen LogP contribution in [0.25, 0.3) is 5.69 Å². The number of rotatable bonds is 4. The largest absolute Gasteiger partial charge is 0.322 e. The molecule has 1 aromatic heterocycles. The Morgan fingerprint density at radius 1 is 0.848 bits per heavy atom. The maximum Gasteiger partial charge on any atom is 0.266 e. The summed E-state index contributed by atoms with van der Waals surface area (Å²) >= 11 is 0. The maximum atomic E-state index is 13.0. The van der Waals surface area contributed by atoms with E-state index in [1.807, 2.05) is 26.0 Å². The maximum absolute atomic E-state index is 13.0. The number of benzene rings is 3. The molecule has 1 aliphatic rings. The number of tetrazole rings is 1. The Bertz CT molecular complexity index is 1430. The van der Waals surface area contributed by atoms with Crippen molar-refractivity contribution >= 4 is 29.1 Å². The van der Waals surface area contributed by atoms with E-state index in [-0.39, 0.29) is 22.6 Å². The van der Waals surface area contributed by atoms with E-state index < -0.39 is 11.8 Å². The molecule has 1 aliphatic heterocycles. The van der Waals surface area contributed by atoms with Gasteiger partial charge in [0, 0.05) is 11.3 Å². The SMILES string of the molecule is Cc1ccccc1N1C(=O)c2ccc(C(=O)Nc3ccc(-n4cnnn4)c(C)c3)cc2C1=O. The number of nitrogens with one attached hydrogen (secondary N) is 1. The van der Waals surface area contributed by atoms with Crippen molar-refractivity contribution in [2.24, 2.45) is 0 Å². The van der Waals surface area contributed by atoms with Crippen LogP contribution in [0.5, 0.6) is 0 Å². The molecule has 0 spiro atoms. The highest BCUT2D eigenvalue weighted by Gasteiger charge is 2.37. The van der Waals surface area contributed by atoms with E-state index in [1.54, 1.807) is 36.4 Å². The zero-order chi connectivity index (χ0) is 23.1. The van der Waals surface area contributed by atoms with Gasteiger partial charge >= 0.3 is 0 Å². The van der Waals surface area contributed by atoms with E-state index >= 15 is 0 Å². The number of hydrogen-bond acceptors (Lipinski definition) is 6. The third-order valence-corrected chi connectivity index (χ3v) is 5.56. The zero-order valence-electron chi connectivity index (χ0n) is 17.8. The van der Waals surface area contributed by atoms with Crippen LogP contribution in [-0.2, 0) is 0 Å². The van der Waals surface area contributed by atoms with E-state index in [4.69, 9.17) is 0 Å². The quantitative estimate of drug-likeness (QED) is 0.490. The minimum absolute atomic E-state index is 0.209. The van der Waals surface area contributed by atoms with Crippen LogP contribution in [0.1, 0.15) is 42.2 Å². The molecule has 0 fully saturated rings. The third-order valence-electron chi connectivity index (χ3n) is 5.56. The van der Waals surface area contributed by atoms with E-state index in [1.165, 1.54) is 23.1 Å². The molecule has 33 heavy (non-hydrogen) atoms. The predicted octanol–water partition coefficient (Wildman–Crippen LogP) is 3.33. The van der Waals surface area contributed by atoms with Crippen LogP contribution < -0.4 is 10.2 Å². The van der Waals surface area contributed by atoms with Crippen LogP contribution in [0.3, 0.4) is 0 Å². The van der Waals surface area contributed by atoms with Crippen LogP contribution in [0, 0.1) is 13.8 Å². The molecule has 0 atom stereocenters. The van der Waals surface area contributed by atoms with E-state index in [0.717, 1.165) is 21.7 Å². The average molecular weight is 438 g/mol. The lowest BCUT2D eigenvalue weighted by molar-refractivity contribution is 0.0925. The van der Waals surface area contributed by atoms with Gasteiger partial charge in [-0.1, -0.05) is 18.2 Å². The lowest BCUT2D eigenvalue weighted by Crippen LogP contribution is -2.29. The summed E-state index contributed by atoms with van der Waals surface area (Å²) in [7, 11) is 0. The van der Waals surface area contributed by atoms with Crippen LogP contribution in [-0.4, -0.2) is 37.9 Å². The predicted molar refractivity (Wildman–Crippen MR) is 121 cm³/mol. The Morgan fingerprint density at radius 3 is 2.36 bits per heavy atom. The van der Waals surface area contributed by atoms with Crippen molar-refractivity contribution in [2.45, 2.75) is 13.8 Å². The van der Waals surface area contributed by atoms with Gasteiger partial charge in [-0.3, -0.25) is 14.4 Å². The normalized spacial score (nSPS) is 12.7. The smallest absolute Gasteiger partial charge is 0.266 e. The van der Waals surface area contributed by atoms with E-state index in [0.29, 0.717) is 11.4 Å². The summed E-state index contributed by atoms with van der Waals surface area (Å²) in [4.78, 5) is 40.0. The number of imide groups is 1. The molecule has 1 N–H and O–H groups in total. The number of carbonyl (C=O) groups excluding carboxylic acids is 3. The summed E-state index contributed by atoms with van der Waals surface area (Å²) in [6.45, 7) is 3.72. The summed E-state index contributed by atoms with van der Waals surface area (Å²) < 4.78 is 1.53. The van der Waals surface area contributed by atoms with Gasteiger partial charge in [0.1, 0.15) is 6.33 Å². The molecule has 0 aliphatic carbocycles. The number of nitrogens with zero attached hydrogens (tertiary/aromatic N) is 5. The fourth-order valence-corrected chi connectivity index (χ4v) is 3.88. The molecule has 3 amide bonds. The second-order valence-corrected chi connectivity index (χ2v) is 7.70. The molecule has 5 rings (SSSR count). The summed E-state index contributed by atoms with van der Waals surface area (Å²) in [6, 6.07) is 17.1. The number of fused-ring (bicyclic) bond motifs is 1. The van der Waals surface area contributed by atoms with Crippen molar-refractivity contribution in [1.82, 2.24) is 20.2 Å². The van der Waals surface area contributed by atoms with Crippen molar-refractivity contribution < 1.29 is 14.4 Å². The molecule has 0 saturated carbocycles. The Morgan fingerprint density at radius 2 is 1.64 bits per heavy atom. The lowest BCUT2D eigenvalue weighted by atomic mass is 10.1. The van der Waals surface area contributed by atoms with E-state index in [9.17, 15) is 14.4 Å². The van der Waals surface area contributed by atoms with Crippen LogP contribution in [0.4, 0.5) is 11.4 Å². The first kappa shape index (κ1) is 20.3. The fraction of sp³-hybridized carbons (Fsp3) is 0.0833. The Balaban J connectivity index is 1.40. The van der Waals surface area contributed by atoms with Gasteiger partial charge in [-0.15, -0.1) is 5.10 Å². The minimum atomic E-state index is -0.444. The number of amides is 3. The average Bonchev–Trinajstić information content (AvgIpc) is 3.42. The van der Waals surface area contributed by atoms with Crippen molar-refractivity contribution in [3.63, 3.8) is 0 Å². The number of anilines is 2. The number of aryl methyl sites for hydroxylation is 2. The molecule has 9 heteroatoms. The van der Waals surface area contributed by atoms with Gasteiger partial charge in [0.05, 0.1) is 22.5 Å². The third kappa shape index (κ3) is 3.45. The number of hydrogen-bond donors (Lipinski definition) is 1. The first-order chi connectivity index (χ1) is 15.9. The molecule has 9 nitrogen and oxygen atoms in total. The van der Waals surface area contributed by atoms with Crippen molar-refractivity contribution in [3.05, 3.63) is 94.8 Å². The van der Waals surface area contributed by atoms with Gasteiger partial charge in [0.2, 0.25) is 0 Å². The second kappa shape index (κ2) is 7.79. The molecule has 162 valence electrons. The molecule has 0 unspecified atom stereocenters. The van der Waals surface area contributed by atoms with Gasteiger partial charge in [0.25, 0.3) is 17.7 Å². The van der Waals surface area contributed by atoms with E-state index in [2.05, 4.69) is 20.8 Å². The summed E-state index contributed by atoms with van der Waals surface area (Å²) in [6.07, 6.45) is 1.49. The molecule has 3 aromatic carbocycles. The highest BCUT2D eigenvalue weighted by molar-refractivity contribution is 6.35. The van der Waals surface area contributed by atoms with Gasteiger partial charge in [-0.25, -0.2) is 9.58 Å². The highest BCUT2D eigenvalue weighted by Crippen LogP contribution is 2.31. The summed E-state index contributed by atoms with van der Waals surface area (Å²) in [5, 5.41) is 14.0. The molecule has 0 bridgehead atoms. The monoisotopic (exact) mass is 438 g/mol. The van der Waals surface area contributed by atoms with Crippen molar-refractivity contribution in [2.75, 3.05) is 10.2 Å². The minimum Gasteiger partial charge on any atom is -0.322 e. The number of para-hydroxylation sites is 1. The Labute approximate surface area is 188 Å². The molecular weight excluding hydrogens is 420 g/mol. The van der Waals surface area contributed by atoms with Crippen molar-refractivity contribution in [3.8, 4) is 5.69 Å². The molecule has 0 radical (unpaired) electrons. The number of carbonyl (C=O) groups is 3. The fourth-order valence-electron chi connectivity index (χ4n) is 3.88. The molecule has 2 heterocycles. The van der Waals surface area contributed by atoms with Crippen LogP contribution in [0.2, 0.25) is 0 Å². The van der Waals surface area contributed by atoms with Crippen LogP contribution in [0.15, 0.2) is 67.0 Å². The Kier molecular flexibility index (Phi) is 4.78. The van der Waals surface area contributed by atoms with Gasteiger partial charge in [0.15, 0.2) is 0 Å². The van der Waals surface area contributed by atoms with Crippen molar-refractivity contribution in [1.29, 1.82) is 0 Å². The second-order valence-electron chi connectivity index (χ2n) is 7.70. The first-order valence-corrected chi connectivity index (χ1v) is 10.2. The van der Waals surface area contributed by atoms with Gasteiger partial charge in [-0.2, -0.15) is 0 Å². The number of aromatic nitrogens is 4.